The van der Waals surface area contributed by atoms with Gasteiger partial charge in [-0.05, 0) is 32.3 Å². The highest BCUT2D eigenvalue weighted by Gasteiger charge is 2.25. The van der Waals surface area contributed by atoms with Gasteiger partial charge in [-0.25, -0.2) is 9.78 Å². The molecule has 1 aromatic rings. The number of nitrogens with zero attached hydrogens (tertiary/aromatic N) is 2. The Kier molecular flexibility index (Phi) is 6.78. The van der Waals surface area contributed by atoms with Crippen LogP contribution in [-0.4, -0.2) is 54.7 Å². The summed E-state index contributed by atoms with van der Waals surface area (Å²) in [5.41, 5.74) is -0.372. The Morgan fingerprint density at radius 3 is 2.32 bits per heavy atom. The van der Waals surface area contributed by atoms with Crippen LogP contribution in [0.4, 0.5) is 4.79 Å². The van der Waals surface area contributed by atoms with Crippen molar-refractivity contribution in [2.45, 2.75) is 40.2 Å². The predicted molar refractivity (Wildman–Crippen MR) is 95.8 cm³/mol. The van der Waals surface area contributed by atoms with Gasteiger partial charge in [0, 0.05) is 32.4 Å². The van der Waals surface area contributed by atoms with Gasteiger partial charge < -0.3 is 19.7 Å². The lowest BCUT2D eigenvalue weighted by atomic mass is 9.92. The van der Waals surface area contributed by atoms with Crippen molar-refractivity contribution >= 4 is 12.0 Å². The number of alkyl carbamates (subject to hydrolysis) is 1. The van der Waals surface area contributed by atoms with Gasteiger partial charge in [0.1, 0.15) is 5.60 Å². The number of pyridine rings is 1. The molecule has 0 saturated carbocycles. The van der Waals surface area contributed by atoms with E-state index >= 15 is 0 Å². The lowest BCUT2D eigenvalue weighted by Crippen LogP contribution is -2.44. The van der Waals surface area contributed by atoms with Crippen LogP contribution in [0.1, 0.15) is 45.0 Å². The van der Waals surface area contributed by atoms with Crippen molar-refractivity contribution in [3.8, 4) is 5.88 Å². The van der Waals surface area contributed by atoms with Crippen molar-refractivity contribution in [3.05, 3.63) is 23.9 Å². The third-order valence-corrected chi connectivity index (χ3v) is 3.31. The number of ether oxygens (including phenoxy) is 2. The van der Waals surface area contributed by atoms with E-state index < -0.39 is 11.7 Å². The van der Waals surface area contributed by atoms with E-state index in [1.165, 1.54) is 13.3 Å². The number of nitrogens with one attached hydrogen (secondary N) is 1. The number of carbonyl (C=O) groups is 2. The van der Waals surface area contributed by atoms with E-state index in [1.807, 2.05) is 34.6 Å². The zero-order valence-corrected chi connectivity index (χ0v) is 16.2. The number of amides is 2. The van der Waals surface area contributed by atoms with Gasteiger partial charge in [-0.1, -0.05) is 13.8 Å². The Morgan fingerprint density at radius 2 is 1.84 bits per heavy atom. The van der Waals surface area contributed by atoms with E-state index in [1.54, 1.807) is 24.1 Å². The molecule has 140 valence electrons. The molecule has 0 aromatic carbocycles. The Morgan fingerprint density at radius 1 is 1.20 bits per heavy atom. The summed E-state index contributed by atoms with van der Waals surface area (Å²) in [6, 6.07) is 3.33. The molecule has 1 aromatic heterocycles. The molecular weight excluding hydrogens is 322 g/mol. The van der Waals surface area contributed by atoms with Crippen molar-refractivity contribution in [2.75, 3.05) is 27.2 Å². The minimum atomic E-state index is -0.539. The van der Waals surface area contributed by atoms with Gasteiger partial charge >= 0.3 is 6.09 Å². The molecule has 1 N–H and O–H groups in total. The van der Waals surface area contributed by atoms with Crippen LogP contribution in [0.25, 0.3) is 0 Å². The molecule has 0 atom stereocenters. The van der Waals surface area contributed by atoms with Crippen molar-refractivity contribution < 1.29 is 19.1 Å². The highest BCUT2D eigenvalue weighted by molar-refractivity contribution is 5.93. The first kappa shape index (κ1) is 20.7. The molecule has 1 heterocycles. The second-order valence-corrected chi connectivity index (χ2v) is 7.77. The lowest BCUT2D eigenvalue weighted by molar-refractivity contribution is 0.0495. The number of hydrogen-bond donors (Lipinski definition) is 1. The number of aromatic nitrogens is 1. The fraction of sp³-hybridized carbons (Fsp3) is 0.611. The van der Waals surface area contributed by atoms with Crippen molar-refractivity contribution in [3.63, 3.8) is 0 Å². The average molecular weight is 351 g/mol. The van der Waals surface area contributed by atoms with Crippen molar-refractivity contribution in [1.82, 2.24) is 15.2 Å². The summed E-state index contributed by atoms with van der Waals surface area (Å²) in [7, 11) is 3.25. The molecule has 0 spiro atoms. The van der Waals surface area contributed by atoms with Gasteiger partial charge in [-0.15, -0.1) is 0 Å². The fourth-order valence-electron chi connectivity index (χ4n) is 2.24. The summed E-state index contributed by atoms with van der Waals surface area (Å²) in [5, 5.41) is 2.75. The van der Waals surface area contributed by atoms with Crippen LogP contribution in [0, 0.1) is 5.41 Å². The van der Waals surface area contributed by atoms with E-state index in [9.17, 15) is 9.59 Å². The highest BCUT2D eigenvalue weighted by atomic mass is 16.6. The third-order valence-electron chi connectivity index (χ3n) is 3.31. The Bertz CT molecular complexity index is 591. The molecule has 0 aliphatic heterocycles. The zero-order chi connectivity index (χ0) is 19.3. The summed E-state index contributed by atoms with van der Waals surface area (Å²) >= 11 is 0. The van der Waals surface area contributed by atoms with Crippen molar-refractivity contribution in [1.29, 1.82) is 0 Å². The first-order valence-corrected chi connectivity index (χ1v) is 8.16. The van der Waals surface area contributed by atoms with E-state index in [-0.39, 0.29) is 11.3 Å². The van der Waals surface area contributed by atoms with Crippen LogP contribution >= 0.6 is 0 Å². The Balaban J connectivity index is 2.59. The molecule has 0 bridgehead atoms. The minimum absolute atomic E-state index is 0.138. The maximum atomic E-state index is 12.5. The molecule has 0 radical (unpaired) electrons. The van der Waals surface area contributed by atoms with Gasteiger partial charge in [0.05, 0.1) is 12.7 Å². The van der Waals surface area contributed by atoms with E-state index in [0.29, 0.717) is 24.5 Å². The maximum Gasteiger partial charge on any atom is 0.407 e. The van der Waals surface area contributed by atoms with E-state index in [2.05, 4.69) is 10.3 Å². The van der Waals surface area contributed by atoms with Crippen LogP contribution in [0.5, 0.6) is 5.88 Å². The molecule has 2 amide bonds. The van der Waals surface area contributed by atoms with E-state index in [4.69, 9.17) is 9.47 Å². The quantitative estimate of drug-likeness (QED) is 0.852. The Hall–Kier alpha value is -2.31. The second kappa shape index (κ2) is 8.18. The summed E-state index contributed by atoms with van der Waals surface area (Å²) in [5.74, 6) is 0.321. The average Bonchev–Trinajstić information content (AvgIpc) is 2.50. The summed E-state index contributed by atoms with van der Waals surface area (Å²) in [4.78, 5) is 29.9. The molecular formula is C18H29N3O4. The van der Waals surface area contributed by atoms with E-state index in [0.717, 1.165) is 0 Å². The van der Waals surface area contributed by atoms with Crippen LogP contribution in [-0.2, 0) is 4.74 Å². The second-order valence-electron chi connectivity index (χ2n) is 7.77. The summed E-state index contributed by atoms with van der Waals surface area (Å²) in [6.07, 6.45) is 1.03. The van der Waals surface area contributed by atoms with Gasteiger partial charge in [0.2, 0.25) is 5.88 Å². The normalized spacial score (nSPS) is 11.6. The first-order valence-electron chi connectivity index (χ1n) is 8.16. The smallest absolute Gasteiger partial charge is 0.407 e. The summed E-state index contributed by atoms with van der Waals surface area (Å²) < 4.78 is 10.2. The number of rotatable bonds is 6. The van der Waals surface area contributed by atoms with Gasteiger partial charge in [-0.3, -0.25) is 4.79 Å². The third kappa shape index (κ3) is 7.41. The zero-order valence-electron chi connectivity index (χ0n) is 16.2. The fourth-order valence-corrected chi connectivity index (χ4v) is 2.24. The molecule has 1 rings (SSSR count). The van der Waals surface area contributed by atoms with Crippen LogP contribution < -0.4 is 10.1 Å². The Labute approximate surface area is 149 Å². The van der Waals surface area contributed by atoms with Gasteiger partial charge in [-0.2, -0.15) is 0 Å². The topological polar surface area (TPSA) is 80.8 Å². The monoisotopic (exact) mass is 351 g/mol. The number of hydrogen-bond acceptors (Lipinski definition) is 5. The SMILES string of the molecule is COc1ccc(C(=O)N(C)CC(C)(C)CNC(=O)OC(C)(C)C)cn1. The highest BCUT2D eigenvalue weighted by Crippen LogP contribution is 2.18. The van der Waals surface area contributed by atoms with Gasteiger partial charge in [0.15, 0.2) is 0 Å². The molecule has 0 aliphatic rings. The predicted octanol–water partition coefficient (Wildman–Crippen LogP) is 2.71. The number of methoxy groups -OCH3 is 1. The largest absolute Gasteiger partial charge is 0.481 e. The summed E-state index contributed by atoms with van der Waals surface area (Å²) in [6.45, 7) is 10.2. The maximum absolute atomic E-state index is 12.5. The number of carbonyl (C=O) groups excluding carboxylic acids is 2. The molecule has 0 unspecified atom stereocenters. The standard InChI is InChI=1S/C18H29N3O4/c1-17(2,3)25-16(23)20-11-18(4,5)12-21(6)15(22)13-8-9-14(24-7)19-10-13/h8-10H,11-12H2,1-7H3,(H,20,23). The van der Waals surface area contributed by atoms with Crippen molar-refractivity contribution in [2.24, 2.45) is 5.41 Å². The molecule has 0 aliphatic carbocycles. The van der Waals surface area contributed by atoms with Crippen LogP contribution in [0.2, 0.25) is 0 Å². The first-order chi connectivity index (χ1) is 11.4. The van der Waals surface area contributed by atoms with Crippen LogP contribution in [0.15, 0.2) is 18.3 Å². The lowest BCUT2D eigenvalue weighted by Gasteiger charge is -2.31. The molecule has 0 saturated heterocycles. The minimum Gasteiger partial charge on any atom is -0.481 e. The molecule has 0 fully saturated rings. The van der Waals surface area contributed by atoms with Gasteiger partial charge in [0.25, 0.3) is 5.91 Å². The molecule has 25 heavy (non-hydrogen) atoms. The molecule has 7 heteroatoms. The molecule has 7 nitrogen and oxygen atoms in total. The van der Waals surface area contributed by atoms with Crippen LogP contribution in [0.3, 0.4) is 0 Å².